The normalized spacial score (nSPS) is 9.37. The summed E-state index contributed by atoms with van der Waals surface area (Å²) in [5, 5.41) is 17.7. The summed E-state index contributed by atoms with van der Waals surface area (Å²) in [5.74, 6) is -0.550. The van der Waals surface area contributed by atoms with Crippen molar-refractivity contribution in [2.75, 3.05) is 6.61 Å². The van der Waals surface area contributed by atoms with Gasteiger partial charge >= 0.3 is 86.9 Å². The van der Waals surface area contributed by atoms with E-state index in [4.69, 9.17) is 5.26 Å². The van der Waals surface area contributed by atoms with E-state index in [1.54, 1.807) is 0 Å². The molecule has 19 heavy (non-hydrogen) atoms. The number of carbonyl (C=O) groups is 1. The summed E-state index contributed by atoms with van der Waals surface area (Å²) in [6, 6.07) is 0. The Hall–Kier alpha value is 1.99. The summed E-state index contributed by atoms with van der Waals surface area (Å²) in [7, 11) is 0. The van der Waals surface area contributed by atoms with Crippen molar-refractivity contribution in [3.05, 3.63) is 0 Å². The third kappa shape index (κ3) is 22.4. The number of hydrogen-bond donors (Lipinski definition) is 1. The van der Waals surface area contributed by atoms with Gasteiger partial charge in [-0.05, 0) is 12.8 Å². The topological polar surface area (TPSA) is 78.8 Å². The van der Waals surface area contributed by atoms with Crippen molar-refractivity contribution in [3.8, 4) is 0 Å². The summed E-state index contributed by atoms with van der Waals surface area (Å²) in [4.78, 5) is 17.9. The number of unbranched alkanes of at least 4 members (excludes halogenated alkanes) is 8. The quantitative estimate of drug-likeness (QED) is 0.206. The van der Waals surface area contributed by atoms with Gasteiger partial charge in [0.2, 0.25) is 0 Å². The van der Waals surface area contributed by atoms with Crippen molar-refractivity contribution >= 4 is 35.5 Å². The third-order valence-corrected chi connectivity index (χ3v) is 2.71. The van der Waals surface area contributed by atoms with Gasteiger partial charge in [-0.25, -0.2) is 4.79 Å². The van der Waals surface area contributed by atoms with Crippen LogP contribution in [-0.2, 0) is 14.6 Å². The molecule has 0 aliphatic rings. The molecule has 0 aromatic rings. The van der Waals surface area contributed by atoms with E-state index in [-0.39, 0.29) is 80.9 Å². The van der Waals surface area contributed by atoms with Crippen molar-refractivity contribution in [1.82, 2.24) is 0 Å². The molecule has 0 heterocycles. The number of hydrogen-bond acceptors (Lipinski definition) is 5. The molecule has 104 valence electrons. The molecule has 0 rings (SSSR count). The third-order valence-electron chi connectivity index (χ3n) is 2.71. The van der Waals surface area contributed by atoms with Crippen LogP contribution in [0, 0.1) is 0 Å². The van der Waals surface area contributed by atoms with Crippen LogP contribution in [-0.4, -0.2) is 47.4 Å². The fourth-order valence-electron chi connectivity index (χ4n) is 1.71. The van der Waals surface area contributed by atoms with E-state index in [0.717, 1.165) is 38.5 Å². The van der Waals surface area contributed by atoms with E-state index in [1.807, 2.05) is 0 Å². The zero-order chi connectivity index (χ0) is 12.8. The van der Waals surface area contributed by atoms with Crippen molar-refractivity contribution < 1.29 is 76.5 Å². The Bertz CT molecular complexity index is 184. The Labute approximate surface area is 180 Å². The van der Waals surface area contributed by atoms with Gasteiger partial charge in [-0.2, -0.15) is 5.26 Å². The monoisotopic (exact) mass is 310 g/mol. The molecule has 0 saturated carbocycles. The maximum absolute atomic E-state index is 10.6. The van der Waals surface area contributed by atoms with Gasteiger partial charge in [0.15, 0.2) is 0 Å². The average molecular weight is 310 g/mol. The van der Waals surface area contributed by atoms with Crippen LogP contribution >= 0.6 is 0 Å². The molecular formula is C12H24KNaO5. The molecule has 0 aliphatic heterocycles. The minimum atomic E-state index is -0.550. The number of carbonyl (C=O) groups excluding carboxylic acids is 1. The molecule has 0 atom stereocenters. The van der Waals surface area contributed by atoms with E-state index < -0.39 is 5.97 Å². The Morgan fingerprint density at radius 1 is 0.895 bits per heavy atom. The van der Waals surface area contributed by atoms with Crippen LogP contribution in [0.15, 0.2) is 0 Å². The van der Waals surface area contributed by atoms with E-state index in [2.05, 4.69) is 9.78 Å². The first kappa shape index (κ1) is 25.9. The molecule has 0 spiro atoms. The van der Waals surface area contributed by atoms with Crippen LogP contribution in [0.4, 0.5) is 0 Å². The zero-order valence-corrected chi connectivity index (χ0v) is 14.5. The summed E-state index contributed by atoms with van der Waals surface area (Å²) in [6.45, 7) is 0.320. The van der Waals surface area contributed by atoms with Gasteiger partial charge < -0.3 is 15.0 Å². The molecule has 7 heteroatoms. The Balaban J connectivity index is -0.00000128. The summed E-state index contributed by atoms with van der Waals surface area (Å²) in [5.41, 5.74) is 0. The van der Waals surface area contributed by atoms with E-state index in [0.29, 0.717) is 13.0 Å². The Morgan fingerprint density at radius 2 is 1.32 bits per heavy atom. The maximum atomic E-state index is 10.6. The van der Waals surface area contributed by atoms with Gasteiger partial charge in [0, 0.05) is 13.0 Å². The van der Waals surface area contributed by atoms with Gasteiger partial charge in [-0.15, -0.1) is 0 Å². The van der Waals surface area contributed by atoms with Crippen molar-refractivity contribution in [2.24, 2.45) is 0 Å². The van der Waals surface area contributed by atoms with E-state index >= 15 is 0 Å². The molecule has 0 unspecified atom stereocenters. The predicted octanol–water partition coefficient (Wildman–Crippen LogP) is -1.45. The predicted molar refractivity (Wildman–Crippen MR) is 68.0 cm³/mol. The molecule has 0 fully saturated rings. The molecule has 0 aliphatic carbocycles. The van der Waals surface area contributed by atoms with Crippen molar-refractivity contribution in [2.45, 2.75) is 64.2 Å². The molecular weight excluding hydrogens is 286 g/mol. The van der Waals surface area contributed by atoms with Crippen molar-refractivity contribution in [3.63, 3.8) is 0 Å². The molecule has 0 aromatic heterocycles. The number of rotatable bonds is 12. The van der Waals surface area contributed by atoms with Gasteiger partial charge in [0.1, 0.15) is 0 Å². The second-order valence-electron chi connectivity index (χ2n) is 4.22. The van der Waals surface area contributed by atoms with Crippen LogP contribution < -0.4 is 56.6 Å². The average Bonchev–Trinajstić information content (AvgIpc) is 2.35. The van der Waals surface area contributed by atoms with E-state index in [9.17, 15) is 10.1 Å². The van der Waals surface area contributed by atoms with Crippen molar-refractivity contribution in [1.29, 1.82) is 0 Å². The Morgan fingerprint density at radius 3 is 1.74 bits per heavy atom. The fourth-order valence-corrected chi connectivity index (χ4v) is 1.71. The second kappa shape index (κ2) is 22.3. The first-order valence-corrected chi connectivity index (χ1v) is 6.40. The summed E-state index contributed by atoms with van der Waals surface area (Å²) >= 11 is 0. The summed E-state index contributed by atoms with van der Waals surface area (Å²) < 4.78 is 0. The molecule has 0 amide bonds. The first-order chi connectivity index (χ1) is 8.31. The molecule has 0 aromatic carbocycles. The molecule has 0 bridgehead atoms. The SMILES string of the molecule is O=C(CCCCCCCCCCCO[O-])OO.[K+].[NaH]. The van der Waals surface area contributed by atoms with Crippen LogP contribution in [0.5, 0.6) is 0 Å². The summed E-state index contributed by atoms with van der Waals surface area (Å²) in [6.07, 6.45) is 9.82. The standard InChI is InChI=1S/C12H24O5.K.Na.H/c13-12(17-15)10-8-6-4-2-1-3-5-7-9-11-16-14;;;/h14-15H,1-11H2;;;/q;+1;;/p-1. The van der Waals surface area contributed by atoms with E-state index in [1.165, 1.54) is 19.3 Å². The molecule has 0 radical (unpaired) electrons. The van der Waals surface area contributed by atoms with Gasteiger partial charge in [0.25, 0.3) is 0 Å². The molecule has 1 N–H and O–H groups in total. The van der Waals surface area contributed by atoms with Crippen LogP contribution in [0.3, 0.4) is 0 Å². The van der Waals surface area contributed by atoms with Crippen LogP contribution in [0.1, 0.15) is 64.2 Å². The minimum absolute atomic E-state index is 0. The first-order valence-electron chi connectivity index (χ1n) is 6.40. The zero-order valence-electron chi connectivity index (χ0n) is 11.4. The fraction of sp³-hybridized carbons (Fsp3) is 0.917. The Kier molecular flexibility index (Phi) is 30.4. The molecule has 0 saturated heterocycles. The van der Waals surface area contributed by atoms with Gasteiger partial charge in [0.05, 0.1) is 0 Å². The van der Waals surface area contributed by atoms with Crippen LogP contribution in [0.25, 0.3) is 0 Å². The second-order valence-corrected chi connectivity index (χ2v) is 4.22. The van der Waals surface area contributed by atoms with Crippen LogP contribution in [0.2, 0.25) is 0 Å². The molecule has 5 nitrogen and oxygen atoms in total. The van der Waals surface area contributed by atoms with Gasteiger partial charge in [-0.3, -0.25) is 0 Å². The van der Waals surface area contributed by atoms with Gasteiger partial charge in [-0.1, -0.05) is 44.9 Å².